The molecule has 0 fully saturated rings. The van der Waals surface area contributed by atoms with Crippen molar-refractivity contribution in [2.75, 3.05) is 0 Å². The zero-order valence-corrected chi connectivity index (χ0v) is 13.4. The van der Waals surface area contributed by atoms with Crippen molar-refractivity contribution in [1.82, 2.24) is 10.9 Å². The van der Waals surface area contributed by atoms with Crippen molar-refractivity contribution < 1.29 is 14.7 Å². The fourth-order valence-corrected chi connectivity index (χ4v) is 2.34. The molecule has 8 heteroatoms. The molecular formula is C14H15BrN4O3. The summed E-state index contributed by atoms with van der Waals surface area (Å²) in [5.74, 6) is -0.786. The van der Waals surface area contributed by atoms with Gasteiger partial charge in [-0.3, -0.25) is 9.59 Å². The first kappa shape index (κ1) is 16.2. The third-order valence-electron chi connectivity index (χ3n) is 3.21. The number of carbonyl (C=O) groups excluding carboxylic acids is 2. The van der Waals surface area contributed by atoms with Gasteiger partial charge in [0, 0.05) is 22.2 Å². The lowest BCUT2D eigenvalue weighted by molar-refractivity contribution is -0.123. The molecular weight excluding hydrogens is 352 g/mol. The number of hydrogen-bond donors (Lipinski definition) is 3. The van der Waals surface area contributed by atoms with Crippen LogP contribution in [0.25, 0.3) is 0 Å². The van der Waals surface area contributed by atoms with Crippen molar-refractivity contribution in [2.45, 2.75) is 19.8 Å². The van der Waals surface area contributed by atoms with E-state index in [1.165, 1.54) is 12.3 Å². The summed E-state index contributed by atoms with van der Waals surface area (Å²) in [5.41, 5.74) is 5.90. The second kappa shape index (κ2) is 7.17. The number of benzene rings is 1. The number of phenolic OH excluding ortho intramolecular Hbond substituents is 1. The minimum atomic E-state index is -0.358. The quantitative estimate of drug-likeness (QED) is 0.543. The standard InChI is InChI=1S/C14H15BrN4O3/c1-8-11(14(22)19-17-8)3-5-13(21)18-16-7-9-6-10(15)2-4-12(9)20/h2,4,6-7,11,20H,3,5H2,1H3,(H,18,21)(H,19,22)/b16-7+. The minimum Gasteiger partial charge on any atom is -0.507 e. The van der Waals surface area contributed by atoms with Crippen LogP contribution in [0, 0.1) is 5.92 Å². The molecule has 116 valence electrons. The lowest BCUT2D eigenvalue weighted by atomic mass is 9.99. The highest BCUT2D eigenvalue weighted by molar-refractivity contribution is 9.10. The van der Waals surface area contributed by atoms with Gasteiger partial charge in [0.15, 0.2) is 0 Å². The first-order chi connectivity index (χ1) is 10.5. The van der Waals surface area contributed by atoms with Crippen molar-refractivity contribution in [3.8, 4) is 5.75 Å². The molecule has 0 radical (unpaired) electrons. The average Bonchev–Trinajstić information content (AvgIpc) is 2.79. The molecule has 1 aliphatic rings. The number of halogens is 1. The normalized spacial score (nSPS) is 17.5. The van der Waals surface area contributed by atoms with Crippen LogP contribution in [0.5, 0.6) is 5.75 Å². The SMILES string of the molecule is CC1=NNC(=O)C1CCC(=O)N/N=C/c1cc(Br)ccc1O. The van der Waals surface area contributed by atoms with Crippen LogP contribution < -0.4 is 10.9 Å². The van der Waals surface area contributed by atoms with Crippen molar-refractivity contribution in [3.63, 3.8) is 0 Å². The zero-order chi connectivity index (χ0) is 16.1. The highest BCUT2D eigenvalue weighted by Gasteiger charge is 2.26. The van der Waals surface area contributed by atoms with E-state index >= 15 is 0 Å². The molecule has 3 N–H and O–H groups in total. The van der Waals surface area contributed by atoms with Crippen molar-refractivity contribution in [1.29, 1.82) is 0 Å². The Morgan fingerprint density at radius 2 is 2.36 bits per heavy atom. The second-order valence-corrected chi connectivity index (χ2v) is 5.73. The molecule has 1 aromatic rings. The highest BCUT2D eigenvalue weighted by Crippen LogP contribution is 2.20. The van der Waals surface area contributed by atoms with E-state index in [4.69, 9.17) is 0 Å². The van der Waals surface area contributed by atoms with Gasteiger partial charge in [0.2, 0.25) is 11.8 Å². The molecule has 2 amide bonds. The molecule has 1 atom stereocenters. The van der Waals surface area contributed by atoms with Crippen LogP contribution in [0.3, 0.4) is 0 Å². The summed E-state index contributed by atoms with van der Waals surface area (Å²) in [6.45, 7) is 1.74. The summed E-state index contributed by atoms with van der Waals surface area (Å²) in [5, 5.41) is 17.2. The lowest BCUT2D eigenvalue weighted by Gasteiger charge is -2.06. The molecule has 0 bridgehead atoms. The first-order valence-corrected chi connectivity index (χ1v) is 7.41. The van der Waals surface area contributed by atoms with Gasteiger partial charge in [-0.25, -0.2) is 10.9 Å². The van der Waals surface area contributed by atoms with E-state index in [2.05, 4.69) is 37.0 Å². The number of hydrazone groups is 2. The molecule has 0 spiro atoms. The summed E-state index contributed by atoms with van der Waals surface area (Å²) in [7, 11) is 0. The number of amides is 2. The van der Waals surface area contributed by atoms with Gasteiger partial charge >= 0.3 is 0 Å². The molecule has 22 heavy (non-hydrogen) atoms. The molecule has 1 unspecified atom stereocenters. The molecule has 1 heterocycles. The van der Waals surface area contributed by atoms with Crippen molar-refractivity contribution >= 4 is 39.7 Å². The average molecular weight is 367 g/mol. The van der Waals surface area contributed by atoms with Crippen LogP contribution in [-0.2, 0) is 9.59 Å². The van der Waals surface area contributed by atoms with Crippen molar-refractivity contribution in [2.24, 2.45) is 16.1 Å². The first-order valence-electron chi connectivity index (χ1n) is 6.62. The topological polar surface area (TPSA) is 103 Å². The smallest absolute Gasteiger partial charge is 0.248 e. The van der Waals surface area contributed by atoms with E-state index in [9.17, 15) is 14.7 Å². The number of nitrogens with zero attached hydrogens (tertiary/aromatic N) is 2. The van der Waals surface area contributed by atoms with Crippen LogP contribution in [0.2, 0.25) is 0 Å². The monoisotopic (exact) mass is 366 g/mol. The van der Waals surface area contributed by atoms with E-state index in [1.807, 2.05) is 0 Å². The summed E-state index contributed by atoms with van der Waals surface area (Å²) in [4.78, 5) is 23.1. The Morgan fingerprint density at radius 3 is 3.05 bits per heavy atom. The van der Waals surface area contributed by atoms with E-state index in [-0.39, 0.29) is 29.9 Å². The Bertz CT molecular complexity index is 657. The summed E-state index contributed by atoms with van der Waals surface area (Å²) >= 11 is 3.28. The maximum absolute atomic E-state index is 11.7. The zero-order valence-electron chi connectivity index (χ0n) is 11.8. The van der Waals surface area contributed by atoms with Gasteiger partial charge in [-0.2, -0.15) is 10.2 Å². The molecule has 1 aromatic carbocycles. The minimum absolute atomic E-state index is 0.0654. The number of nitrogens with one attached hydrogen (secondary N) is 2. The fraction of sp³-hybridized carbons (Fsp3) is 0.286. The van der Waals surface area contributed by atoms with E-state index < -0.39 is 0 Å². The number of hydrogen-bond acceptors (Lipinski definition) is 5. The molecule has 2 rings (SSSR count). The Labute approximate surface area is 135 Å². The van der Waals surface area contributed by atoms with Gasteiger partial charge in [-0.1, -0.05) is 15.9 Å². The van der Waals surface area contributed by atoms with Gasteiger partial charge in [0.25, 0.3) is 0 Å². The summed E-state index contributed by atoms with van der Waals surface area (Å²) in [6, 6.07) is 4.89. The number of aromatic hydroxyl groups is 1. The number of phenols is 1. The molecule has 1 aliphatic heterocycles. The Hall–Kier alpha value is -2.22. The third-order valence-corrected chi connectivity index (χ3v) is 3.70. The van der Waals surface area contributed by atoms with Gasteiger partial charge < -0.3 is 5.11 Å². The Kier molecular flexibility index (Phi) is 5.26. The fourth-order valence-electron chi connectivity index (χ4n) is 1.96. The van der Waals surface area contributed by atoms with Crippen LogP contribution >= 0.6 is 15.9 Å². The van der Waals surface area contributed by atoms with E-state index in [1.54, 1.807) is 19.1 Å². The van der Waals surface area contributed by atoms with Crippen LogP contribution in [-0.4, -0.2) is 28.8 Å². The Morgan fingerprint density at radius 1 is 1.59 bits per heavy atom. The van der Waals surface area contributed by atoms with Gasteiger partial charge in [-0.05, 0) is 31.5 Å². The lowest BCUT2D eigenvalue weighted by Crippen LogP contribution is -2.25. The van der Waals surface area contributed by atoms with Crippen LogP contribution in [0.15, 0.2) is 32.9 Å². The molecule has 0 aromatic heterocycles. The molecule has 0 saturated heterocycles. The van der Waals surface area contributed by atoms with E-state index in [0.29, 0.717) is 17.7 Å². The molecule has 7 nitrogen and oxygen atoms in total. The number of rotatable bonds is 5. The van der Waals surface area contributed by atoms with Gasteiger partial charge in [-0.15, -0.1) is 0 Å². The summed E-state index contributed by atoms with van der Waals surface area (Å²) in [6.07, 6.45) is 1.89. The second-order valence-electron chi connectivity index (χ2n) is 4.82. The largest absolute Gasteiger partial charge is 0.507 e. The maximum Gasteiger partial charge on any atom is 0.248 e. The predicted molar refractivity (Wildman–Crippen MR) is 85.5 cm³/mol. The predicted octanol–water partition coefficient (Wildman–Crippen LogP) is 1.51. The highest BCUT2D eigenvalue weighted by atomic mass is 79.9. The Balaban J connectivity index is 1.83. The molecule has 0 saturated carbocycles. The van der Waals surface area contributed by atoms with Gasteiger partial charge in [0.05, 0.1) is 12.1 Å². The van der Waals surface area contributed by atoms with Crippen molar-refractivity contribution in [3.05, 3.63) is 28.2 Å². The van der Waals surface area contributed by atoms with Gasteiger partial charge in [0.1, 0.15) is 5.75 Å². The molecule has 0 aliphatic carbocycles. The maximum atomic E-state index is 11.7. The van der Waals surface area contributed by atoms with Crippen LogP contribution in [0.4, 0.5) is 0 Å². The number of carbonyl (C=O) groups is 2. The van der Waals surface area contributed by atoms with E-state index in [0.717, 1.165) is 4.47 Å². The van der Waals surface area contributed by atoms with Crippen LogP contribution in [0.1, 0.15) is 25.3 Å². The summed E-state index contributed by atoms with van der Waals surface area (Å²) < 4.78 is 0.792. The third kappa shape index (κ3) is 4.14.